The van der Waals surface area contributed by atoms with Crippen LogP contribution in [-0.4, -0.2) is 24.1 Å². The van der Waals surface area contributed by atoms with Crippen LogP contribution in [0, 0.1) is 5.92 Å². The number of anilines is 1. The van der Waals surface area contributed by atoms with Crippen molar-refractivity contribution in [3.8, 4) is 0 Å². The number of hydrogen-bond acceptors (Lipinski definition) is 4. The molecule has 1 heterocycles. The molecule has 0 bridgehead atoms. The molecule has 8 heteroatoms. The first-order chi connectivity index (χ1) is 12.0. The van der Waals surface area contributed by atoms with E-state index in [0.717, 1.165) is 13.8 Å². The Kier molecular flexibility index (Phi) is 5.10. The summed E-state index contributed by atoms with van der Waals surface area (Å²) in [6.07, 6.45) is 1.25. The van der Waals surface area contributed by atoms with E-state index in [9.17, 15) is 14.4 Å². The summed E-state index contributed by atoms with van der Waals surface area (Å²) in [5.41, 5.74) is 0.959. The molecule has 1 atom stereocenters. The number of nitrogens with one attached hydrogen (secondary N) is 1. The molecule has 1 fully saturated rings. The zero-order valence-corrected chi connectivity index (χ0v) is 15.8. The predicted molar refractivity (Wildman–Crippen MR) is 101 cm³/mol. The second-order valence-corrected chi connectivity index (χ2v) is 7.01. The maximum atomic E-state index is 12.7. The molecule has 6 nitrogen and oxygen atoms in total. The van der Waals surface area contributed by atoms with E-state index >= 15 is 0 Å². The molecule has 0 aliphatic carbocycles. The Hall–Kier alpha value is -2.32. The van der Waals surface area contributed by atoms with Crippen LogP contribution in [0.2, 0.25) is 0 Å². The van der Waals surface area contributed by atoms with Gasteiger partial charge < -0.3 is 0 Å². The fraction of sp³-hybridized carbons (Fsp3) is 0.0588. The van der Waals surface area contributed by atoms with Crippen LogP contribution in [0.15, 0.2) is 62.5 Å². The van der Waals surface area contributed by atoms with Crippen molar-refractivity contribution >= 4 is 67.3 Å². The number of barbiturate groups is 1. The molecule has 4 amide bonds. The molecule has 0 saturated carbocycles. The fourth-order valence-corrected chi connectivity index (χ4v) is 2.92. The van der Waals surface area contributed by atoms with Gasteiger partial charge in [-0.2, -0.15) is 0 Å². The van der Waals surface area contributed by atoms with Gasteiger partial charge in [-0.1, -0.05) is 37.9 Å². The molecule has 1 aliphatic heterocycles. The lowest BCUT2D eigenvalue weighted by Crippen LogP contribution is -2.58. The van der Waals surface area contributed by atoms with E-state index in [1.54, 1.807) is 42.5 Å². The number of urea groups is 1. The van der Waals surface area contributed by atoms with Gasteiger partial charge in [-0.15, -0.1) is 0 Å². The topological polar surface area (TPSA) is 78.8 Å². The van der Waals surface area contributed by atoms with Gasteiger partial charge in [-0.3, -0.25) is 19.9 Å². The van der Waals surface area contributed by atoms with Crippen LogP contribution in [0.4, 0.5) is 16.2 Å². The highest BCUT2D eigenvalue weighted by molar-refractivity contribution is 9.10. The first kappa shape index (κ1) is 17.5. The largest absolute Gasteiger partial charge is 0.335 e. The van der Waals surface area contributed by atoms with Crippen molar-refractivity contribution in [2.75, 3.05) is 4.90 Å². The fourth-order valence-electron chi connectivity index (χ4n) is 2.27. The minimum atomic E-state index is -1.18. The van der Waals surface area contributed by atoms with Crippen molar-refractivity contribution in [1.82, 2.24) is 5.32 Å². The Labute approximate surface area is 160 Å². The van der Waals surface area contributed by atoms with Crippen LogP contribution in [0.25, 0.3) is 0 Å². The second kappa shape index (κ2) is 7.28. The molecule has 0 unspecified atom stereocenters. The first-order valence-corrected chi connectivity index (χ1v) is 8.78. The summed E-state index contributed by atoms with van der Waals surface area (Å²) >= 11 is 6.62. The van der Waals surface area contributed by atoms with E-state index in [-0.39, 0.29) is 0 Å². The summed E-state index contributed by atoms with van der Waals surface area (Å²) in [5, 5.41) is 2.19. The lowest BCUT2D eigenvalue weighted by molar-refractivity contribution is -0.131. The Morgan fingerprint density at radius 2 is 1.72 bits per heavy atom. The molecule has 25 heavy (non-hydrogen) atoms. The van der Waals surface area contributed by atoms with Crippen molar-refractivity contribution in [3.63, 3.8) is 0 Å². The quantitative estimate of drug-likeness (QED) is 0.554. The zero-order chi connectivity index (χ0) is 18.0. The zero-order valence-electron chi connectivity index (χ0n) is 12.6. The third kappa shape index (κ3) is 3.85. The van der Waals surface area contributed by atoms with E-state index < -0.39 is 23.8 Å². The van der Waals surface area contributed by atoms with Crippen molar-refractivity contribution < 1.29 is 14.4 Å². The molecule has 2 aromatic rings. The molecule has 0 spiro atoms. The van der Waals surface area contributed by atoms with Crippen molar-refractivity contribution in [2.45, 2.75) is 0 Å². The van der Waals surface area contributed by atoms with E-state index in [1.807, 2.05) is 6.07 Å². The maximum absolute atomic E-state index is 12.7. The smallest absolute Gasteiger partial charge is 0.276 e. The number of aliphatic imine (C=N–C) groups is 1. The van der Waals surface area contributed by atoms with Crippen molar-refractivity contribution in [1.29, 1.82) is 0 Å². The number of imide groups is 2. The van der Waals surface area contributed by atoms with Crippen LogP contribution in [-0.2, 0) is 9.59 Å². The normalized spacial score (nSPS) is 17.9. The molecular weight excluding hydrogens is 454 g/mol. The number of carbonyl (C=O) groups excluding carboxylic acids is 3. The summed E-state index contributed by atoms with van der Waals surface area (Å²) in [6, 6.07) is 13.0. The summed E-state index contributed by atoms with van der Waals surface area (Å²) in [4.78, 5) is 41.9. The van der Waals surface area contributed by atoms with Crippen molar-refractivity contribution in [3.05, 3.63) is 57.5 Å². The van der Waals surface area contributed by atoms with E-state index in [0.29, 0.717) is 11.4 Å². The van der Waals surface area contributed by atoms with E-state index in [2.05, 4.69) is 42.2 Å². The first-order valence-electron chi connectivity index (χ1n) is 7.20. The summed E-state index contributed by atoms with van der Waals surface area (Å²) in [7, 11) is 0. The van der Waals surface area contributed by atoms with Gasteiger partial charge in [-0.05, 0) is 42.5 Å². The van der Waals surface area contributed by atoms with Crippen LogP contribution in [0.5, 0.6) is 0 Å². The van der Waals surface area contributed by atoms with Gasteiger partial charge in [0.1, 0.15) is 0 Å². The number of halogens is 2. The molecular formula is C17H11Br2N3O3. The average Bonchev–Trinajstić information content (AvgIpc) is 2.56. The highest BCUT2D eigenvalue weighted by atomic mass is 79.9. The molecule has 0 radical (unpaired) electrons. The molecule has 0 aromatic heterocycles. The van der Waals surface area contributed by atoms with Gasteiger partial charge in [0.25, 0.3) is 5.91 Å². The summed E-state index contributed by atoms with van der Waals surface area (Å²) in [6.45, 7) is 0. The van der Waals surface area contributed by atoms with Crippen LogP contribution < -0.4 is 10.2 Å². The molecule has 1 aliphatic rings. The predicted octanol–water partition coefficient (Wildman–Crippen LogP) is 3.81. The summed E-state index contributed by atoms with van der Waals surface area (Å²) in [5.74, 6) is -2.52. The SMILES string of the molecule is O=C1NC(=O)N(c2ccc(Br)cc2)C(=O)[C@H]1C=Nc1cccc(Br)c1. The average molecular weight is 465 g/mol. The number of carbonyl (C=O) groups is 3. The van der Waals surface area contributed by atoms with Gasteiger partial charge in [0, 0.05) is 15.2 Å². The Morgan fingerprint density at radius 3 is 2.40 bits per heavy atom. The molecule has 126 valence electrons. The summed E-state index contributed by atoms with van der Waals surface area (Å²) < 4.78 is 1.64. The lowest BCUT2D eigenvalue weighted by Gasteiger charge is -2.28. The number of amides is 4. The van der Waals surface area contributed by atoms with Crippen LogP contribution in [0.3, 0.4) is 0 Å². The van der Waals surface area contributed by atoms with Crippen LogP contribution >= 0.6 is 31.9 Å². The lowest BCUT2D eigenvalue weighted by atomic mass is 10.1. The monoisotopic (exact) mass is 463 g/mol. The van der Waals surface area contributed by atoms with Crippen LogP contribution in [0.1, 0.15) is 0 Å². The number of hydrogen-bond donors (Lipinski definition) is 1. The third-order valence-corrected chi connectivity index (χ3v) is 4.49. The highest BCUT2D eigenvalue weighted by Gasteiger charge is 2.40. The van der Waals surface area contributed by atoms with Gasteiger partial charge in [-0.25, -0.2) is 9.69 Å². The number of nitrogens with zero attached hydrogens (tertiary/aromatic N) is 2. The van der Waals surface area contributed by atoms with Crippen molar-refractivity contribution in [2.24, 2.45) is 10.9 Å². The molecule has 2 aromatic carbocycles. The van der Waals surface area contributed by atoms with Gasteiger partial charge in [0.05, 0.1) is 11.4 Å². The minimum absolute atomic E-state index is 0.374. The van der Waals surface area contributed by atoms with Gasteiger partial charge in [0.2, 0.25) is 5.91 Å². The standard InChI is InChI=1S/C17H11Br2N3O3/c18-10-4-6-13(7-5-10)22-16(24)14(15(23)21-17(22)25)9-20-12-3-1-2-11(19)8-12/h1-9,14H,(H,21,23,25)/t14-/m0/s1. The maximum Gasteiger partial charge on any atom is 0.335 e. The third-order valence-electron chi connectivity index (χ3n) is 3.47. The Morgan fingerprint density at radius 1 is 1.00 bits per heavy atom. The molecule has 1 N–H and O–H groups in total. The van der Waals surface area contributed by atoms with Gasteiger partial charge >= 0.3 is 6.03 Å². The minimum Gasteiger partial charge on any atom is -0.276 e. The Bertz CT molecular complexity index is 881. The highest BCUT2D eigenvalue weighted by Crippen LogP contribution is 2.23. The number of benzene rings is 2. The molecule has 1 saturated heterocycles. The Balaban J connectivity index is 1.89. The second-order valence-electron chi connectivity index (χ2n) is 5.18. The van der Waals surface area contributed by atoms with E-state index in [4.69, 9.17) is 0 Å². The van der Waals surface area contributed by atoms with E-state index in [1.165, 1.54) is 6.21 Å². The van der Waals surface area contributed by atoms with Gasteiger partial charge in [0.15, 0.2) is 5.92 Å². The molecule has 3 rings (SSSR count). The number of rotatable bonds is 3.